The summed E-state index contributed by atoms with van der Waals surface area (Å²) < 4.78 is 35.1. The molecule has 130 valence electrons. The fraction of sp³-hybridized carbons (Fsp3) is 0.765. The molecule has 3 atom stereocenters. The molecule has 2 aliphatic carbocycles. The molecule has 1 fully saturated rings. The summed E-state index contributed by atoms with van der Waals surface area (Å²) in [7, 11) is 0. The van der Waals surface area contributed by atoms with Gasteiger partial charge < -0.3 is 9.64 Å². The summed E-state index contributed by atoms with van der Waals surface area (Å²) in [6.45, 7) is 7.76. The molecule has 1 saturated carbocycles. The molecule has 0 unspecified atom stereocenters. The lowest BCUT2D eigenvalue weighted by Gasteiger charge is -2.40. The summed E-state index contributed by atoms with van der Waals surface area (Å²) in [5, 5.41) is 0. The molecule has 2 bridgehead atoms. The first-order valence-electron chi connectivity index (χ1n) is 8.28. The van der Waals surface area contributed by atoms with Crippen LogP contribution in [0.1, 0.15) is 40.5 Å². The number of halogens is 2. The molecule has 0 aromatic rings. The van der Waals surface area contributed by atoms with E-state index in [1.807, 2.05) is 0 Å². The van der Waals surface area contributed by atoms with Crippen LogP contribution in [0.3, 0.4) is 0 Å². The smallest absolute Gasteiger partial charge is 0.410 e. The van der Waals surface area contributed by atoms with Gasteiger partial charge in [0.25, 0.3) is 0 Å². The molecule has 0 aromatic heterocycles. The monoisotopic (exact) mass is 329 g/mol. The highest BCUT2D eigenvalue weighted by Gasteiger charge is 2.74. The molecule has 0 N–H and O–H groups in total. The molecule has 0 aliphatic heterocycles. The molecular formula is C17H25F2NO3. The Balaban J connectivity index is 2.39. The van der Waals surface area contributed by atoms with Gasteiger partial charge in [-0.1, -0.05) is 26.0 Å². The molecule has 4 nitrogen and oxygen atoms in total. The highest BCUT2D eigenvalue weighted by molar-refractivity contribution is 5.92. The molecular weight excluding hydrogens is 304 g/mol. The van der Waals surface area contributed by atoms with E-state index in [0.717, 1.165) is 0 Å². The summed E-state index contributed by atoms with van der Waals surface area (Å²) in [5.74, 6) is -5.89. The van der Waals surface area contributed by atoms with E-state index in [1.165, 1.54) is 11.0 Å². The van der Waals surface area contributed by atoms with Crippen molar-refractivity contribution >= 4 is 11.9 Å². The Morgan fingerprint density at radius 3 is 2.22 bits per heavy atom. The minimum Gasteiger partial charge on any atom is -0.428 e. The van der Waals surface area contributed by atoms with Crippen LogP contribution in [0, 0.1) is 17.8 Å². The normalized spacial score (nSPS) is 30.7. The molecule has 2 aliphatic rings. The van der Waals surface area contributed by atoms with Crippen molar-refractivity contribution in [3.05, 3.63) is 12.2 Å². The molecule has 23 heavy (non-hydrogen) atoms. The fourth-order valence-corrected chi connectivity index (χ4v) is 3.59. The predicted octanol–water partition coefficient (Wildman–Crippen LogP) is 3.66. The van der Waals surface area contributed by atoms with Gasteiger partial charge in [0.2, 0.25) is 5.60 Å². The molecule has 6 heteroatoms. The summed E-state index contributed by atoms with van der Waals surface area (Å²) in [4.78, 5) is 26.3. The Morgan fingerprint density at radius 1 is 1.22 bits per heavy atom. The third-order valence-electron chi connectivity index (χ3n) is 4.84. The van der Waals surface area contributed by atoms with Crippen molar-refractivity contribution in [1.82, 2.24) is 4.90 Å². The van der Waals surface area contributed by atoms with E-state index in [0.29, 0.717) is 13.1 Å². The van der Waals surface area contributed by atoms with E-state index >= 15 is 0 Å². The number of fused-ring (bicyclic) bond motifs is 2. The van der Waals surface area contributed by atoms with Crippen LogP contribution in [0.4, 0.5) is 13.6 Å². The third-order valence-corrected chi connectivity index (χ3v) is 4.84. The van der Waals surface area contributed by atoms with Gasteiger partial charge in [-0.05, 0) is 26.2 Å². The Labute approximate surface area is 135 Å². The first-order valence-corrected chi connectivity index (χ1v) is 8.28. The number of allylic oxidation sites excluding steroid dienone is 1. The van der Waals surface area contributed by atoms with Crippen LogP contribution in [0.25, 0.3) is 0 Å². The van der Waals surface area contributed by atoms with E-state index in [2.05, 4.69) is 0 Å². The van der Waals surface area contributed by atoms with E-state index in [9.17, 15) is 18.4 Å². The second-order valence-corrected chi connectivity index (χ2v) is 6.75. The highest BCUT2D eigenvalue weighted by Crippen LogP contribution is 2.59. The lowest BCUT2D eigenvalue weighted by atomic mass is 9.78. The zero-order chi connectivity index (χ0) is 17.4. The fourth-order valence-electron chi connectivity index (χ4n) is 3.59. The summed E-state index contributed by atoms with van der Waals surface area (Å²) in [5.41, 5.74) is -2.35. The number of ketones is 1. The van der Waals surface area contributed by atoms with Gasteiger partial charge in [-0.2, -0.15) is 0 Å². The van der Waals surface area contributed by atoms with Crippen molar-refractivity contribution in [2.45, 2.75) is 52.1 Å². The van der Waals surface area contributed by atoms with Gasteiger partial charge in [-0.3, -0.25) is 4.79 Å². The minimum atomic E-state index is -3.36. The first kappa shape index (κ1) is 17.9. The molecule has 0 radical (unpaired) electrons. The van der Waals surface area contributed by atoms with Gasteiger partial charge in [0, 0.05) is 31.3 Å². The molecule has 2 rings (SSSR count). The molecule has 0 spiro atoms. The number of alkyl halides is 2. The van der Waals surface area contributed by atoms with E-state index in [4.69, 9.17) is 4.74 Å². The zero-order valence-corrected chi connectivity index (χ0v) is 14.1. The van der Waals surface area contributed by atoms with E-state index in [-0.39, 0.29) is 18.8 Å². The number of hydrogen-bond donors (Lipinski definition) is 0. The second kappa shape index (κ2) is 6.21. The summed E-state index contributed by atoms with van der Waals surface area (Å²) >= 11 is 0. The number of rotatable bonds is 6. The lowest BCUT2D eigenvalue weighted by molar-refractivity contribution is -0.196. The van der Waals surface area contributed by atoms with Gasteiger partial charge in [0.1, 0.15) is 0 Å². The number of nitrogens with zero attached hydrogens (tertiary/aromatic N) is 1. The van der Waals surface area contributed by atoms with E-state index < -0.39 is 35.2 Å². The minimum absolute atomic E-state index is 0.0296. The van der Waals surface area contributed by atoms with Crippen molar-refractivity contribution in [2.24, 2.45) is 17.8 Å². The highest BCUT2D eigenvalue weighted by atomic mass is 19.3. The Kier molecular flexibility index (Phi) is 4.83. The topological polar surface area (TPSA) is 46.6 Å². The van der Waals surface area contributed by atoms with Gasteiger partial charge >= 0.3 is 12.0 Å². The Hall–Kier alpha value is -1.46. The second-order valence-electron chi connectivity index (χ2n) is 6.75. The standard InChI is InChI=1S/C17H25F2NO3/c1-5-20(6-2)15(22)23-16(14(21)9-11(3)4)12-7-8-13(10-12)17(16,18)19/h7-8,11-13H,5-6,9-10H2,1-4H3/t12-,13+,16-/m1/s1. The third kappa shape index (κ3) is 2.66. The van der Waals surface area contributed by atoms with Gasteiger partial charge in [-0.25, -0.2) is 13.6 Å². The van der Waals surface area contributed by atoms with Crippen LogP contribution in [-0.4, -0.2) is 41.4 Å². The number of amides is 1. The van der Waals surface area contributed by atoms with Crippen molar-refractivity contribution in [1.29, 1.82) is 0 Å². The van der Waals surface area contributed by atoms with Crippen molar-refractivity contribution in [2.75, 3.05) is 13.1 Å². The SMILES string of the molecule is CCN(CC)C(=O)O[C@@]1(C(=O)CC(C)C)[C@@H]2C=C[C@@H](C2)C1(F)F. The van der Waals surface area contributed by atoms with Gasteiger partial charge in [0.15, 0.2) is 5.78 Å². The lowest BCUT2D eigenvalue weighted by Crippen LogP contribution is -2.61. The van der Waals surface area contributed by atoms with Crippen LogP contribution in [-0.2, 0) is 9.53 Å². The summed E-state index contributed by atoms with van der Waals surface area (Å²) in [6, 6.07) is 0. The average Bonchev–Trinajstić information content (AvgIpc) is 3.01. The van der Waals surface area contributed by atoms with Crippen molar-refractivity contribution in [3.63, 3.8) is 0 Å². The number of carbonyl (C=O) groups excluding carboxylic acids is 2. The average molecular weight is 329 g/mol. The van der Waals surface area contributed by atoms with E-state index in [1.54, 1.807) is 33.8 Å². The Bertz CT molecular complexity index is 514. The molecule has 1 amide bonds. The van der Waals surface area contributed by atoms with Gasteiger partial charge in [0.05, 0.1) is 0 Å². The number of ether oxygens (including phenoxy) is 1. The number of carbonyl (C=O) groups is 2. The van der Waals surface area contributed by atoms with Crippen LogP contribution < -0.4 is 0 Å². The van der Waals surface area contributed by atoms with Crippen molar-refractivity contribution in [3.8, 4) is 0 Å². The maximum Gasteiger partial charge on any atom is 0.410 e. The maximum atomic E-state index is 14.9. The quantitative estimate of drug-likeness (QED) is 0.699. The first-order chi connectivity index (χ1) is 10.7. The summed E-state index contributed by atoms with van der Waals surface area (Å²) in [6.07, 6.45) is 2.33. The Morgan fingerprint density at radius 2 is 1.78 bits per heavy atom. The van der Waals surface area contributed by atoms with Crippen LogP contribution in [0.15, 0.2) is 12.2 Å². The van der Waals surface area contributed by atoms with Crippen LogP contribution in [0.2, 0.25) is 0 Å². The van der Waals surface area contributed by atoms with Crippen LogP contribution >= 0.6 is 0 Å². The maximum absolute atomic E-state index is 14.9. The molecule has 0 heterocycles. The zero-order valence-electron chi connectivity index (χ0n) is 14.1. The number of Topliss-reactive ketones (excluding diaryl/α,β-unsaturated/α-hetero) is 1. The molecule has 0 saturated heterocycles. The molecule has 0 aromatic carbocycles. The van der Waals surface area contributed by atoms with Crippen molar-refractivity contribution < 1.29 is 23.1 Å². The van der Waals surface area contributed by atoms with Gasteiger partial charge in [-0.15, -0.1) is 0 Å². The van der Waals surface area contributed by atoms with Crippen LogP contribution in [0.5, 0.6) is 0 Å². The predicted molar refractivity (Wildman–Crippen MR) is 82.3 cm³/mol. The number of hydrogen-bond acceptors (Lipinski definition) is 3. The largest absolute Gasteiger partial charge is 0.428 e.